The van der Waals surface area contributed by atoms with Crippen LogP contribution in [0.1, 0.15) is 37.0 Å². The standard InChI is InChI=1S/C11H16N2O2/c1-3-4-8(2)15-11(14)9-7-13-6-5-10(9)12/h5-8H,3-4H2,1-2H3,(H2,12,13). The minimum atomic E-state index is -0.401. The number of hydrogen-bond acceptors (Lipinski definition) is 4. The predicted molar refractivity (Wildman–Crippen MR) is 58.4 cm³/mol. The van der Waals surface area contributed by atoms with Gasteiger partial charge in [-0.1, -0.05) is 13.3 Å². The maximum atomic E-state index is 11.6. The Labute approximate surface area is 89.5 Å². The number of rotatable bonds is 4. The van der Waals surface area contributed by atoms with E-state index < -0.39 is 5.97 Å². The summed E-state index contributed by atoms with van der Waals surface area (Å²) in [5.74, 6) is -0.401. The molecule has 0 aliphatic rings. The molecule has 0 bridgehead atoms. The van der Waals surface area contributed by atoms with E-state index in [9.17, 15) is 4.79 Å². The number of esters is 1. The van der Waals surface area contributed by atoms with Crippen LogP contribution in [0.2, 0.25) is 0 Å². The molecule has 0 spiro atoms. The number of nitrogen functional groups attached to an aromatic ring is 1. The topological polar surface area (TPSA) is 65.2 Å². The van der Waals surface area contributed by atoms with E-state index in [0.29, 0.717) is 11.3 Å². The van der Waals surface area contributed by atoms with Gasteiger partial charge in [0, 0.05) is 18.1 Å². The summed E-state index contributed by atoms with van der Waals surface area (Å²) in [6.07, 6.45) is 4.72. The van der Waals surface area contributed by atoms with Gasteiger partial charge in [-0.25, -0.2) is 4.79 Å². The van der Waals surface area contributed by atoms with Crippen molar-refractivity contribution in [2.45, 2.75) is 32.8 Å². The molecule has 1 heterocycles. The molecule has 1 unspecified atom stereocenters. The first-order valence-corrected chi connectivity index (χ1v) is 5.05. The molecule has 0 aliphatic heterocycles. The molecule has 0 aromatic carbocycles. The highest BCUT2D eigenvalue weighted by molar-refractivity contribution is 5.94. The number of nitrogens with two attached hydrogens (primary N) is 1. The summed E-state index contributed by atoms with van der Waals surface area (Å²) < 4.78 is 5.20. The van der Waals surface area contributed by atoms with Crippen molar-refractivity contribution in [3.8, 4) is 0 Å². The average molecular weight is 208 g/mol. The molecule has 1 aromatic heterocycles. The zero-order chi connectivity index (χ0) is 11.3. The number of anilines is 1. The minimum Gasteiger partial charge on any atom is -0.459 e. The maximum Gasteiger partial charge on any atom is 0.342 e. The number of ether oxygens (including phenoxy) is 1. The van der Waals surface area contributed by atoms with Gasteiger partial charge in [0.1, 0.15) is 5.56 Å². The summed E-state index contributed by atoms with van der Waals surface area (Å²) in [6, 6.07) is 1.58. The van der Waals surface area contributed by atoms with E-state index in [2.05, 4.69) is 4.98 Å². The van der Waals surface area contributed by atoms with Crippen LogP contribution in [-0.2, 0) is 4.74 Å². The highest BCUT2D eigenvalue weighted by Crippen LogP contribution is 2.12. The smallest absolute Gasteiger partial charge is 0.342 e. The molecular formula is C11H16N2O2. The summed E-state index contributed by atoms with van der Waals surface area (Å²) in [4.78, 5) is 15.4. The Hall–Kier alpha value is -1.58. The van der Waals surface area contributed by atoms with E-state index in [1.807, 2.05) is 13.8 Å². The highest BCUT2D eigenvalue weighted by atomic mass is 16.5. The Morgan fingerprint density at radius 2 is 2.40 bits per heavy atom. The fourth-order valence-corrected chi connectivity index (χ4v) is 1.29. The molecule has 1 atom stereocenters. The van der Waals surface area contributed by atoms with E-state index in [-0.39, 0.29) is 6.10 Å². The molecular weight excluding hydrogens is 192 g/mol. The monoisotopic (exact) mass is 208 g/mol. The van der Waals surface area contributed by atoms with Crippen LogP contribution >= 0.6 is 0 Å². The molecule has 0 aliphatic carbocycles. The molecule has 82 valence electrons. The van der Waals surface area contributed by atoms with Gasteiger partial charge in [-0.2, -0.15) is 0 Å². The first-order chi connectivity index (χ1) is 7.15. The van der Waals surface area contributed by atoms with Gasteiger partial charge in [-0.3, -0.25) is 4.98 Å². The zero-order valence-corrected chi connectivity index (χ0v) is 9.06. The van der Waals surface area contributed by atoms with Crippen molar-refractivity contribution >= 4 is 11.7 Å². The Kier molecular flexibility index (Phi) is 4.09. The van der Waals surface area contributed by atoms with Gasteiger partial charge in [0.2, 0.25) is 0 Å². The van der Waals surface area contributed by atoms with Crippen molar-refractivity contribution in [3.05, 3.63) is 24.0 Å². The third-order valence-electron chi connectivity index (χ3n) is 2.08. The summed E-state index contributed by atoms with van der Waals surface area (Å²) in [5.41, 5.74) is 6.37. The van der Waals surface area contributed by atoms with E-state index in [1.165, 1.54) is 6.20 Å². The summed E-state index contributed by atoms with van der Waals surface area (Å²) in [5, 5.41) is 0. The zero-order valence-electron chi connectivity index (χ0n) is 9.06. The Bertz CT molecular complexity index is 339. The Balaban J connectivity index is 2.65. The van der Waals surface area contributed by atoms with Crippen LogP contribution in [-0.4, -0.2) is 17.1 Å². The second-order valence-corrected chi connectivity index (χ2v) is 3.47. The first kappa shape index (κ1) is 11.5. The molecule has 1 aromatic rings. The number of nitrogens with zero attached hydrogens (tertiary/aromatic N) is 1. The van der Waals surface area contributed by atoms with Crippen molar-refractivity contribution < 1.29 is 9.53 Å². The third kappa shape index (κ3) is 3.23. The van der Waals surface area contributed by atoms with E-state index in [4.69, 9.17) is 10.5 Å². The maximum absolute atomic E-state index is 11.6. The van der Waals surface area contributed by atoms with Crippen LogP contribution in [0.4, 0.5) is 5.69 Å². The lowest BCUT2D eigenvalue weighted by molar-refractivity contribution is 0.0324. The molecule has 1 rings (SSSR count). The third-order valence-corrected chi connectivity index (χ3v) is 2.08. The second-order valence-electron chi connectivity index (χ2n) is 3.47. The minimum absolute atomic E-state index is 0.0814. The predicted octanol–water partition coefficient (Wildman–Crippen LogP) is 2.01. The quantitative estimate of drug-likeness (QED) is 0.769. The van der Waals surface area contributed by atoms with Crippen molar-refractivity contribution in [2.75, 3.05) is 5.73 Å². The SMILES string of the molecule is CCCC(C)OC(=O)c1cnccc1N. The number of aromatic nitrogens is 1. The lowest BCUT2D eigenvalue weighted by Crippen LogP contribution is -2.16. The molecule has 15 heavy (non-hydrogen) atoms. The second kappa shape index (κ2) is 5.34. The van der Waals surface area contributed by atoms with E-state index in [0.717, 1.165) is 12.8 Å². The van der Waals surface area contributed by atoms with E-state index in [1.54, 1.807) is 12.3 Å². The molecule has 0 amide bonds. The van der Waals surface area contributed by atoms with Crippen molar-refractivity contribution in [2.24, 2.45) is 0 Å². The fraction of sp³-hybridized carbons (Fsp3) is 0.455. The van der Waals surface area contributed by atoms with Gasteiger partial charge in [-0.15, -0.1) is 0 Å². The number of carbonyl (C=O) groups excluding carboxylic acids is 1. The van der Waals surface area contributed by atoms with Crippen LogP contribution < -0.4 is 5.73 Å². The molecule has 4 nitrogen and oxygen atoms in total. The number of carbonyl (C=O) groups is 1. The molecule has 0 fully saturated rings. The van der Waals surface area contributed by atoms with Crippen molar-refractivity contribution in [1.29, 1.82) is 0 Å². The van der Waals surface area contributed by atoms with Gasteiger partial charge in [-0.05, 0) is 19.4 Å². The van der Waals surface area contributed by atoms with Crippen molar-refractivity contribution in [3.63, 3.8) is 0 Å². The number of pyridine rings is 1. The van der Waals surface area contributed by atoms with Crippen LogP contribution in [0.3, 0.4) is 0 Å². The first-order valence-electron chi connectivity index (χ1n) is 5.05. The molecule has 0 radical (unpaired) electrons. The van der Waals surface area contributed by atoms with Gasteiger partial charge < -0.3 is 10.5 Å². The molecule has 2 N–H and O–H groups in total. The Morgan fingerprint density at radius 1 is 1.67 bits per heavy atom. The molecule has 0 saturated carbocycles. The highest BCUT2D eigenvalue weighted by Gasteiger charge is 2.13. The largest absolute Gasteiger partial charge is 0.459 e. The van der Waals surface area contributed by atoms with Gasteiger partial charge in [0.25, 0.3) is 0 Å². The van der Waals surface area contributed by atoms with Crippen LogP contribution in [0, 0.1) is 0 Å². The average Bonchev–Trinajstić information content (AvgIpc) is 2.18. The lowest BCUT2D eigenvalue weighted by Gasteiger charge is -2.12. The van der Waals surface area contributed by atoms with Crippen LogP contribution in [0.15, 0.2) is 18.5 Å². The summed E-state index contributed by atoms with van der Waals surface area (Å²) >= 11 is 0. The van der Waals surface area contributed by atoms with Crippen LogP contribution in [0.25, 0.3) is 0 Å². The summed E-state index contributed by atoms with van der Waals surface area (Å²) in [6.45, 7) is 3.91. The number of hydrogen-bond donors (Lipinski definition) is 1. The van der Waals surface area contributed by atoms with E-state index >= 15 is 0 Å². The molecule has 4 heteroatoms. The van der Waals surface area contributed by atoms with Crippen molar-refractivity contribution in [1.82, 2.24) is 4.98 Å². The Morgan fingerprint density at radius 3 is 3.00 bits per heavy atom. The van der Waals surface area contributed by atoms with Gasteiger partial charge in [0.15, 0.2) is 0 Å². The van der Waals surface area contributed by atoms with Gasteiger partial charge in [0.05, 0.1) is 6.10 Å². The van der Waals surface area contributed by atoms with Gasteiger partial charge >= 0.3 is 5.97 Å². The lowest BCUT2D eigenvalue weighted by atomic mass is 10.2. The normalized spacial score (nSPS) is 12.1. The summed E-state index contributed by atoms with van der Waals surface area (Å²) in [7, 11) is 0. The molecule has 0 saturated heterocycles. The fourth-order valence-electron chi connectivity index (χ4n) is 1.29. The van der Waals surface area contributed by atoms with Crippen LogP contribution in [0.5, 0.6) is 0 Å².